The molecule has 0 aliphatic carbocycles. The van der Waals surface area contributed by atoms with E-state index in [1.165, 1.54) is 33.0 Å². The van der Waals surface area contributed by atoms with Gasteiger partial charge in [0.1, 0.15) is 42.7 Å². The van der Waals surface area contributed by atoms with E-state index in [9.17, 15) is 13.9 Å². The molecule has 0 N–H and O–H groups in total. The number of carbonyl (C=O) groups is 1. The fourth-order valence-electron chi connectivity index (χ4n) is 7.23. The summed E-state index contributed by atoms with van der Waals surface area (Å²) in [6.45, 7) is -10.1. The average Bonchev–Trinajstić information content (AvgIpc) is 3.95. The Hall–Kier alpha value is -3.62. The van der Waals surface area contributed by atoms with Crippen molar-refractivity contribution in [2.24, 2.45) is 0 Å². The smallest absolute Gasteiger partial charge is 0.346 e. The first kappa shape index (κ1) is 37.9. The van der Waals surface area contributed by atoms with Crippen LogP contribution in [0.15, 0.2) is 73.7 Å². The van der Waals surface area contributed by atoms with Gasteiger partial charge in [0.25, 0.3) is 5.91 Å². The van der Waals surface area contributed by atoms with E-state index >= 15 is 8.78 Å². The number of allylic oxidation sites excluding steroid dienone is 1. The summed E-state index contributed by atoms with van der Waals surface area (Å²) < 4.78 is 97.6. The van der Waals surface area contributed by atoms with Crippen molar-refractivity contribution in [2.75, 3.05) is 24.7 Å². The van der Waals surface area contributed by atoms with Gasteiger partial charge in [-0.05, 0) is 31.0 Å². The van der Waals surface area contributed by atoms with E-state index in [2.05, 4.69) is 49.4 Å². The van der Waals surface area contributed by atoms with Crippen molar-refractivity contribution in [2.45, 2.75) is 62.1 Å². The second-order valence-corrected chi connectivity index (χ2v) is 19.0. The van der Waals surface area contributed by atoms with Gasteiger partial charge in [0.2, 0.25) is 0 Å². The molecule has 10 atom stereocenters. The number of halogens is 2. The Bertz CT molecular complexity index is 2430. The molecule has 56 heavy (non-hydrogen) atoms. The lowest BCUT2D eigenvalue weighted by Crippen LogP contribution is -2.36. The third kappa shape index (κ3) is 7.01. The quantitative estimate of drug-likeness (QED) is 0.118. The van der Waals surface area contributed by atoms with Crippen molar-refractivity contribution >= 4 is 72.0 Å². The topological polar surface area (TPSA) is 184 Å². The monoisotopic (exact) mass is 848 g/mol. The van der Waals surface area contributed by atoms with Gasteiger partial charge >= 0.3 is 13.6 Å². The lowest BCUT2D eigenvalue weighted by molar-refractivity contribution is -0.0543. The molecule has 23 heteroatoms. The summed E-state index contributed by atoms with van der Waals surface area (Å²) >= 11 is 8.20. The van der Waals surface area contributed by atoms with Crippen LogP contribution in [0, 0.1) is 0 Å². The van der Waals surface area contributed by atoms with Crippen LogP contribution in [0.4, 0.5) is 14.6 Å². The highest BCUT2D eigenvalue weighted by atomic mass is 32.7. The van der Waals surface area contributed by atoms with Crippen LogP contribution in [0.2, 0.25) is 0 Å². The number of fused-ring (bicyclic) bond motifs is 10. The van der Waals surface area contributed by atoms with Crippen LogP contribution in [0.3, 0.4) is 0 Å². The lowest BCUT2D eigenvalue weighted by Gasteiger charge is -2.28. The van der Waals surface area contributed by atoms with E-state index in [4.69, 9.17) is 27.6 Å². The molecule has 1 aromatic carbocycles. The van der Waals surface area contributed by atoms with E-state index in [-0.39, 0.29) is 29.4 Å². The highest BCUT2D eigenvalue weighted by molar-refractivity contribution is 8.44. The predicted octanol–water partition coefficient (Wildman–Crippen LogP) is 5.78. The first-order chi connectivity index (χ1) is 27.0. The van der Waals surface area contributed by atoms with Gasteiger partial charge in [-0.15, -0.1) is 0 Å². The van der Waals surface area contributed by atoms with E-state index < -0.39 is 76.0 Å². The van der Waals surface area contributed by atoms with Crippen molar-refractivity contribution in [3.63, 3.8) is 0 Å². The maximum atomic E-state index is 16.6. The second kappa shape index (κ2) is 15.0. The molecule has 5 aliphatic rings. The zero-order valence-corrected chi connectivity index (χ0v) is 32.5. The van der Waals surface area contributed by atoms with Gasteiger partial charge in [0, 0.05) is 23.7 Å². The van der Waals surface area contributed by atoms with Gasteiger partial charge in [-0.3, -0.25) is 32.4 Å². The van der Waals surface area contributed by atoms with Gasteiger partial charge < -0.3 is 14.0 Å². The number of aromatic nitrogens is 7. The highest BCUT2D eigenvalue weighted by Crippen LogP contribution is 2.60. The first-order valence-electron chi connectivity index (χ1n) is 17.4. The number of nitrogens with zero attached hydrogens (tertiary/aromatic N) is 8. The summed E-state index contributed by atoms with van der Waals surface area (Å²) in [4.78, 5) is 37.5. The summed E-state index contributed by atoms with van der Waals surface area (Å²) in [5.41, 5.74) is 1.62. The highest BCUT2D eigenvalue weighted by Gasteiger charge is 2.54. The summed E-state index contributed by atoms with van der Waals surface area (Å²) in [6.07, 6.45) is -2.96. The number of carbonyl (C=O) groups excluding carboxylic acids is 1. The molecule has 14 bridgehead atoms. The molecule has 294 valence electrons. The number of hydrogen-bond donors (Lipinski definition) is 2. The molecule has 0 spiro atoms. The van der Waals surface area contributed by atoms with Crippen LogP contribution in [0.1, 0.15) is 34.9 Å². The maximum Gasteiger partial charge on any atom is 0.386 e. The van der Waals surface area contributed by atoms with E-state index in [1.54, 1.807) is 42.6 Å². The van der Waals surface area contributed by atoms with Crippen LogP contribution in [0.5, 0.6) is 0 Å². The Kier molecular flexibility index (Phi) is 10.1. The fraction of sp³-hybridized carbons (Fsp3) is 0.394. The minimum atomic E-state index is -4.45. The molecule has 0 unspecified atom stereocenters. The summed E-state index contributed by atoms with van der Waals surface area (Å²) in [5.74, 6) is -0.242. The second-order valence-electron chi connectivity index (χ2n) is 13.3. The number of aryl methyl sites for hydroxylation is 1. The number of amides is 1. The van der Waals surface area contributed by atoms with Gasteiger partial charge in [-0.1, -0.05) is 54.8 Å². The summed E-state index contributed by atoms with van der Waals surface area (Å²) in [6, 6.07) is 10.3. The number of thiol groups is 2. The molecule has 5 aliphatic heterocycles. The molecule has 17 nitrogen and oxygen atoms in total. The molecule has 3 saturated heterocycles. The van der Waals surface area contributed by atoms with Crippen molar-refractivity contribution in [3.05, 3.63) is 85.0 Å². The predicted molar refractivity (Wildman–Crippen MR) is 201 cm³/mol. The van der Waals surface area contributed by atoms with Gasteiger partial charge in [-0.2, -0.15) is 0 Å². The third-order valence-electron chi connectivity index (χ3n) is 9.85. The zero-order chi connectivity index (χ0) is 38.8. The van der Waals surface area contributed by atoms with Gasteiger partial charge in [-0.25, -0.2) is 42.8 Å². The van der Waals surface area contributed by atoms with Crippen LogP contribution in [-0.4, -0.2) is 96.5 Å². The van der Waals surface area contributed by atoms with Crippen LogP contribution in [-0.2, 0) is 43.1 Å². The molecule has 0 saturated carbocycles. The third-order valence-corrected chi connectivity index (χ3v) is 13.1. The average molecular weight is 849 g/mol. The largest absolute Gasteiger partial charge is 0.386 e. The number of alkyl halides is 2. The molecule has 10 rings (SSSR count). The molecule has 3 fully saturated rings. The van der Waals surface area contributed by atoms with Crippen molar-refractivity contribution in [1.82, 2.24) is 34.1 Å². The minimum absolute atomic E-state index is 0.0750. The lowest BCUT2D eigenvalue weighted by atomic mass is 10.1. The van der Waals surface area contributed by atoms with Crippen LogP contribution < -0.4 is 4.90 Å². The molecule has 1 amide bonds. The maximum absolute atomic E-state index is 16.6. The number of imidazole rings is 1. The first-order valence-corrected chi connectivity index (χ1v) is 22.8. The molecule has 4 aromatic heterocycles. The van der Waals surface area contributed by atoms with Crippen molar-refractivity contribution in [3.8, 4) is 0 Å². The fourth-order valence-corrected chi connectivity index (χ4v) is 10.2. The number of ether oxygens (including phenoxy) is 2. The van der Waals surface area contributed by atoms with E-state index in [1.807, 2.05) is 12.2 Å². The minimum Gasteiger partial charge on any atom is -0.346 e. The Morgan fingerprint density at radius 1 is 0.786 bits per heavy atom. The number of rotatable bonds is 1. The van der Waals surface area contributed by atoms with Gasteiger partial charge in [0.05, 0.1) is 25.2 Å². The summed E-state index contributed by atoms with van der Waals surface area (Å²) in [7, 11) is 0. The normalized spacial score (nSPS) is 34.5. The Labute approximate surface area is 327 Å². The SMILES string of the molecule is O=C(c1ccccc1)N1C/C=C/CCc2ncnc3c2ccn3[C@@H]2O[C@@H]3CO[P@@](=O)(S)O[C@H]4[C@@H](F)[C@@H](O[C@@H]4CO[P@](=O)(S)O[C@H]3[C@H]2F)n2cnc3c1ncnc32. The molecule has 9 heterocycles. The van der Waals surface area contributed by atoms with E-state index in [0.717, 1.165) is 0 Å². The van der Waals surface area contributed by atoms with Gasteiger partial charge in [0.15, 0.2) is 41.8 Å². The standard InChI is InChI=1S/C33H32F2N8O9P2S2/c34-23-26-21-13-47-54(46,56)52-27-22(14-48-53(45,55)51-26)50-33(24(27)35)43-17-40-25-29(38-16-39-30(25)43)41(31(44)18-7-3-1-4-8-18)11-6-2-5-9-20-19-10-12-42(32(23)49-21)28(19)37-15-36-20/h1-4,6-8,10,12,15-17,21-24,26-27,32-33H,5,9,11,13-14H2,(H,45,55)(H,46,56)/b6-2+/t21-,22-,23-,24-,26-,27-,32-,33-,53+,54-/m1/s1. The van der Waals surface area contributed by atoms with E-state index in [0.29, 0.717) is 35.1 Å². The van der Waals surface area contributed by atoms with Crippen LogP contribution in [0.25, 0.3) is 22.2 Å². The zero-order valence-electron chi connectivity index (χ0n) is 28.9. The molecular weight excluding hydrogens is 816 g/mol. The Morgan fingerprint density at radius 3 is 2.12 bits per heavy atom. The molecule has 0 radical (unpaired) electrons. The molecule has 5 aromatic rings. The molecular formula is C33H32F2N8O9P2S2. The number of benzene rings is 1. The number of anilines is 1. The summed E-state index contributed by atoms with van der Waals surface area (Å²) in [5, 5.41) is 0.621. The van der Waals surface area contributed by atoms with Crippen molar-refractivity contribution < 1.29 is 50.3 Å². The number of hydrogen-bond acceptors (Lipinski definition) is 14. The van der Waals surface area contributed by atoms with Crippen molar-refractivity contribution in [1.29, 1.82) is 0 Å². The Morgan fingerprint density at radius 2 is 1.43 bits per heavy atom. The Balaban J connectivity index is 1.16. The van der Waals surface area contributed by atoms with Crippen LogP contribution >= 0.6 is 38.1 Å².